The van der Waals surface area contributed by atoms with E-state index in [1.165, 1.54) is 7.05 Å². The van der Waals surface area contributed by atoms with Gasteiger partial charge in [-0.05, 0) is 43.0 Å². The normalized spacial score (nSPS) is 13.7. The summed E-state index contributed by atoms with van der Waals surface area (Å²) in [6.45, 7) is 5.10. The van der Waals surface area contributed by atoms with Crippen LogP contribution >= 0.6 is 0 Å². The van der Waals surface area contributed by atoms with E-state index in [9.17, 15) is 19.5 Å². The van der Waals surface area contributed by atoms with Gasteiger partial charge >= 0.3 is 18.0 Å². The molecule has 164 valence electrons. The van der Waals surface area contributed by atoms with E-state index in [1.54, 1.807) is 20.8 Å². The number of esters is 1. The molecule has 2 aromatic rings. The zero-order valence-corrected chi connectivity index (χ0v) is 18.1. The molecule has 7 nitrogen and oxygen atoms in total. The van der Waals surface area contributed by atoms with Crippen molar-refractivity contribution < 1.29 is 29.0 Å². The molecule has 1 atom stereocenters. The molecule has 7 heteroatoms. The molecular weight excluding hydrogens is 398 g/mol. The summed E-state index contributed by atoms with van der Waals surface area (Å²) in [4.78, 5) is 37.5. The van der Waals surface area contributed by atoms with Gasteiger partial charge in [-0.15, -0.1) is 0 Å². The Morgan fingerprint density at radius 2 is 1.52 bits per heavy atom. The van der Waals surface area contributed by atoms with Gasteiger partial charge in [-0.25, -0.2) is 9.59 Å². The third-order valence-corrected chi connectivity index (χ3v) is 5.14. The Bertz CT molecular complexity index is 948. The van der Waals surface area contributed by atoms with Crippen LogP contribution in [0.25, 0.3) is 11.1 Å². The van der Waals surface area contributed by atoms with Gasteiger partial charge in [0.05, 0.1) is 6.42 Å². The number of carboxylic acid groups (broad SMARTS) is 1. The van der Waals surface area contributed by atoms with Crippen LogP contribution in [0.1, 0.15) is 44.2 Å². The second kappa shape index (κ2) is 8.79. The number of benzene rings is 2. The second-order valence-corrected chi connectivity index (χ2v) is 8.56. The highest BCUT2D eigenvalue weighted by Gasteiger charge is 2.35. The Morgan fingerprint density at radius 1 is 1.00 bits per heavy atom. The second-order valence-electron chi connectivity index (χ2n) is 8.56. The standard InChI is InChI=1S/C24H27NO6/c1-24(2,3)31-22(28)20(13-21(26)27)25(4)23(29)30-14-19-17-11-7-5-9-15(17)16-10-6-8-12-18(16)19/h5-12,19-20H,13-14H2,1-4H3,(H,26,27)/t20-/m0/s1. The smallest absolute Gasteiger partial charge is 0.410 e. The van der Waals surface area contributed by atoms with Crippen LogP contribution in [-0.4, -0.2) is 53.3 Å². The molecule has 0 saturated carbocycles. The summed E-state index contributed by atoms with van der Waals surface area (Å²) in [5, 5.41) is 9.20. The first-order valence-corrected chi connectivity index (χ1v) is 10.1. The topological polar surface area (TPSA) is 93.1 Å². The van der Waals surface area contributed by atoms with Crippen molar-refractivity contribution in [1.29, 1.82) is 0 Å². The zero-order valence-electron chi connectivity index (χ0n) is 18.1. The van der Waals surface area contributed by atoms with Crippen molar-refractivity contribution in [2.24, 2.45) is 0 Å². The molecule has 0 bridgehead atoms. The molecule has 2 aromatic carbocycles. The van der Waals surface area contributed by atoms with Crippen LogP contribution in [0.4, 0.5) is 4.79 Å². The number of aliphatic carboxylic acids is 1. The average molecular weight is 425 g/mol. The van der Waals surface area contributed by atoms with Crippen molar-refractivity contribution in [3.05, 3.63) is 59.7 Å². The van der Waals surface area contributed by atoms with Crippen molar-refractivity contribution in [3.63, 3.8) is 0 Å². The SMILES string of the molecule is CN(C(=O)OCC1c2ccccc2-c2ccccc21)[C@@H](CC(=O)O)C(=O)OC(C)(C)C. The maximum absolute atomic E-state index is 12.7. The van der Waals surface area contributed by atoms with Crippen molar-refractivity contribution in [2.75, 3.05) is 13.7 Å². The van der Waals surface area contributed by atoms with Crippen molar-refractivity contribution in [3.8, 4) is 11.1 Å². The molecule has 0 unspecified atom stereocenters. The van der Waals surface area contributed by atoms with E-state index in [0.717, 1.165) is 27.2 Å². The van der Waals surface area contributed by atoms with E-state index in [0.29, 0.717) is 0 Å². The summed E-state index contributed by atoms with van der Waals surface area (Å²) in [6.07, 6.45) is -1.35. The number of likely N-dealkylation sites (N-methyl/N-ethyl adjacent to an activating group) is 1. The molecule has 0 radical (unpaired) electrons. The molecule has 1 amide bonds. The van der Waals surface area contributed by atoms with Crippen LogP contribution in [0.15, 0.2) is 48.5 Å². The molecule has 3 rings (SSSR count). The minimum absolute atomic E-state index is 0.0747. The third-order valence-electron chi connectivity index (χ3n) is 5.14. The number of amides is 1. The highest BCUT2D eigenvalue weighted by atomic mass is 16.6. The molecule has 1 aliphatic rings. The van der Waals surface area contributed by atoms with Crippen LogP contribution in [-0.2, 0) is 19.1 Å². The largest absolute Gasteiger partial charge is 0.481 e. The summed E-state index contributed by atoms with van der Waals surface area (Å²) in [5.74, 6) is -2.13. The van der Waals surface area contributed by atoms with E-state index >= 15 is 0 Å². The molecular formula is C24H27NO6. The Kier molecular flexibility index (Phi) is 6.34. The Morgan fingerprint density at radius 3 is 2.00 bits per heavy atom. The lowest BCUT2D eigenvalue weighted by atomic mass is 9.98. The minimum atomic E-state index is -1.28. The molecule has 0 saturated heterocycles. The number of ether oxygens (including phenoxy) is 2. The molecule has 0 spiro atoms. The summed E-state index contributed by atoms with van der Waals surface area (Å²) in [6, 6.07) is 14.6. The summed E-state index contributed by atoms with van der Waals surface area (Å²) < 4.78 is 10.8. The van der Waals surface area contributed by atoms with E-state index in [2.05, 4.69) is 0 Å². The highest BCUT2D eigenvalue weighted by Crippen LogP contribution is 2.44. The fourth-order valence-electron chi connectivity index (χ4n) is 3.74. The molecule has 0 aromatic heterocycles. The zero-order chi connectivity index (χ0) is 22.8. The quantitative estimate of drug-likeness (QED) is 0.702. The Hall–Kier alpha value is -3.35. The van der Waals surface area contributed by atoms with Gasteiger partial charge in [0.2, 0.25) is 0 Å². The summed E-state index contributed by atoms with van der Waals surface area (Å²) in [7, 11) is 1.34. The first kappa shape index (κ1) is 22.3. The fourth-order valence-corrected chi connectivity index (χ4v) is 3.74. The lowest BCUT2D eigenvalue weighted by Gasteiger charge is -2.29. The Balaban J connectivity index is 1.74. The van der Waals surface area contributed by atoms with Gasteiger partial charge in [-0.3, -0.25) is 9.69 Å². The van der Waals surface area contributed by atoms with Crippen molar-refractivity contribution in [2.45, 2.75) is 44.8 Å². The van der Waals surface area contributed by atoms with Gasteiger partial charge < -0.3 is 14.6 Å². The monoisotopic (exact) mass is 425 g/mol. The number of fused-ring (bicyclic) bond motifs is 3. The van der Waals surface area contributed by atoms with Crippen molar-refractivity contribution in [1.82, 2.24) is 4.90 Å². The predicted octanol–water partition coefficient (Wildman–Crippen LogP) is 4.05. The van der Waals surface area contributed by atoms with Crippen LogP contribution < -0.4 is 0 Å². The van der Waals surface area contributed by atoms with Crippen molar-refractivity contribution >= 4 is 18.0 Å². The number of rotatable bonds is 6. The molecule has 0 aliphatic heterocycles. The Labute approximate surface area is 181 Å². The van der Waals surface area contributed by atoms with E-state index in [-0.39, 0.29) is 12.5 Å². The highest BCUT2D eigenvalue weighted by molar-refractivity contribution is 5.86. The lowest BCUT2D eigenvalue weighted by molar-refractivity contribution is -0.163. The van der Waals surface area contributed by atoms with Gasteiger partial charge in [0.15, 0.2) is 0 Å². The molecule has 1 aliphatic carbocycles. The first-order chi connectivity index (χ1) is 14.6. The summed E-state index contributed by atoms with van der Waals surface area (Å²) >= 11 is 0. The molecule has 1 N–H and O–H groups in total. The van der Waals surface area contributed by atoms with Gasteiger partial charge in [-0.1, -0.05) is 48.5 Å². The molecule has 0 heterocycles. The summed E-state index contributed by atoms with van der Waals surface area (Å²) in [5.41, 5.74) is 3.52. The first-order valence-electron chi connectivity index (χ1n) is 10.1. The maximum Gasteiger partial charge on any atom is 0.410 e. The number of hydrogen-bond donors (Lipinski definition) is 1. The van der Waals surface area contributed by atoms with Crippen LogP contribution in [0.5, 0.6) is 0 Å². The van der Waals surface area contributed by atoms with Gasteiger partial charge in [0, 0.05) is 13.0 Å². The number of nitrogens with zero attached hydrogens (tertiary/aromatic N) is 1. The number of carboxylic acids is 1. The number of carbonyl (C=O) groups is 3. The maximum atomic E-state index is 12.7. The van der Waals surface area contributed by atoms with Crippen LogP contribution in [0.3, 0.4) is 0 Å². The van der Waals surface area contributed by atoms with Gasteiger partial charge in [0.1, 0.15) is 18.2 Å². The lowest BCUT2D eigenvalue weighted by Crippen LogP contribution is -2.46. The van der Waals surface area contributed by atoms with Crippen LogP contribution in [0.2, 0.25) is 0 Å². The van der Waals surface area contributed by atoms with E-state index < -0.39 is 36.1 Å². The van der Waals surface area contributed by atoms with E-state index in [1.807, 2.05) is 48.5 Å². The fraction of sp³-hybridized carbons (Fsp3) is 0.375. The average Bonchev–Trinajstić information content (AvgIpc) is 3.02. The van der Waals surface area contributed by atoms with Gasteiger partial charge in [-0.2, -0.15) is 0 Å². The number of carbonyl (C=O) groups excluding carboxylic acids is 2. The number of hydrogen-bond acceptors (Lipinski definition) is 5. The minimum Gasteiger partial charge on any atom is -0.481 e. The van der Waals surface area contributed by atoms with Crippen LogP contribution in [0, 0.1) is 0 Å². The predicted molar refractivity (Wildman–Crippen MR) is 115 cm³/mol. The van der Waals surface area contributed by atoms with E-state index in [4.69, 9.17) is 9.47 Å². The molecule has 0 fully saturated rings. The molecule has 31 heavy (non-hydrogen) atoms. The third kappa shape index (κ3) is 5.05. The van der Waals surface area contributed by atoms with Gasteiger partial charge in [0.25, 0.3) is 0 Å².